The predicted octanol–water partition coefficient (Wildman–Crippen LogP) is 1.99. The quantitative estimate of drug-likeness (QED) is 0.800. The molecule has 110 valence electrons. The highest BCUT2D eigenvalue weighted by Gasteiger charge is 2.29. The molecule has 0 heterocycles. The van der Waals surface area contributed by atoms with Crippen molar-refractivity contribution in [3.63, 3.8) is 0 Å². The second-order valence-electron chi connectivity index (χ2n) is 4.74. The Labute approximate surface area is 118 Å². The maximum Gasteiger partial charge on any atom is 0.326 e. The van der Waals surface area contributed by atoms with Crippen LogP contribution in [0.1, 0.15) is 31.9 Å². The van der Waals surface area contributed by atoms with Gasteiger partial charge in [-0.05, 0) is 11.5 Å². The first kappa shape index (κ1) is 16.2. The zero-order chi connectivity index (χ0) is 15.1. The Hall–Kier alpha value is -1.88. The molecular formula is C15H21NO4. The molecule has 5 heteroatoms. The lowest BCUT2D eigenvalue weighted by Crippen LogP contribution is -2.47. The van der Waals surface area contributed by atoms with Gasteiger partial charge in [-0.15, -0.1) is 0 Å². The van der Waals surface area contributed by atoms with Crippen LogP contribution in [-0.2, 0) is 14.3 Å². The van der Waals surface area contributed by atoms with Crippen LogP contribution in [0.4, 0.5) is 0 Å². The summed E-state index contributed by atoms with van der Waals surface area (Å²) in [6.45, 7) is 3.68. The molecule has 1 amide bonds. The first-order valence-corrected chi connectivity index (χ1v) is 6.62. The van der Waals surface area contributed by atoms with Gasteiger partial charge in [0.05, 0.1) is 0 Å². The topological polar surface area (TPSA) is 75.6 Å². The summed E-state index contributed by atoms with van der Waals surface area (Å²) >= 11 is 0. The summed E-state index contributed by atoms with van der Waals surface area (Å²) in [5.74, 6) is -1.62. The second-order valence-corrected chi connectivity index (χ2v) is 4.74. The molecule has 1 aromatic carbocycles. The van der Waals surface area contributed by atoms with Crippen molar-refractivity contribution in [1.29, 1.82) is 0 Å². The van der Waals surface area contributed by atoms with Gasteiger partial charge in [-0.3, -0.25) is 4.79 Å². The van der Waals surface area contributed by atoms with Gasteiger partial charge in [-0.25, -0.2) is 4.79 Å². The standard InChI is InChI=1S/C15H21NO4/c1-4-10(2)12(15(18)19)16-14(17)13(20-3)11-8-6-5-7-9-11/h5-10,12-13H,4H2,1-3H3,(H,16,17)(H,18,19). The first-order chi connectivity index (χ1) is 9.51. The number of hydrogen-bond donors (Lipinski definition) is 2. The molecule has 0 saturated carbocycles. The monoisotopic (exact) mass is 279 g/mol. The molecule has 0 saturated heterocycles. The molecule has 1 aromatic rings. The Morgan fingerprint density at radius 3 is 2.35 bits per heavy atom. The summed E-state index contributed by atoms with van der Waals surface area (Å²) in [4.78, 5) is 23.4. The van der Waals surface area contributed by atoms with Crippen molar-refractivity contribution >= 4 is 11.9 Å². The smallest absolute Gasteiger partial charge is 0.326 e. The molecule has 20 heavy (non-hydrogen) atoms. The average molecular weight is 279 g/mol. The number of carboxylic acids is 1. The third kappa shape index (κ3) is 4.06. The van der Waals surface area contributed by atoms with Crippen LogP contribution in [0.5, 0.6) is 0 Å². The van der Waals surface area contributed by atoms with Crippen molar-refractivity contribution in [2.75, 3.05) is 7.11 Å². The van der Waals surface area contributed by atoms with Gasteiger partial charge < -0.3 is 15.2 Å². The molecule has 0 spiro atoms. The van der Waals surface area contributed by atoms with Gasteiger partial charge in [0.2, 0.25) is 0 Å². The second kappa shape index (κ2) is 7.65. The molecule has 3 atom stereocenters. The van der Waals surface area contributed by atoms with Gasteiger partial charge in [0.1, 0.15) is 6.04 Å². The summed E-state index contributed by atoms with van der Waals surface area (Å²) in [5, 5.41) is 11.7. The molecular weight excluding hydrogens is 258 g/mol. The number of hydrogen-bond acceptors (Lipinski definition) is 3. The largest absolute Gasteiger partial charge is 0.480 e. The van der Waals surface area contributed by atoms with Crippen molar-refractivity contribution in [3.8, 4) is 0 Å². The van der Waals surface area contributed by atoms with Crippen molar-refractivity contribution in [1.82, 2.24) is 5.32 Å². The van der Waals surface area contributed by atoms with Crippen LogP contribution >= 0.6 is 0 Å². The fourth-order valence-electron chi connectivity index (χ4n) is 1.93. The van der Waals surface area contributed by atoms with E-state index in [-0.39, 0.29) is 5.92 Å². The minimum absolute atomic E-state index is 0.148. The number of benzene rings is 1. The molecule has 0 aromatic heterocycles. The Morgan fingerprint density at radius 1 is 1.30 bits per heavy atom. The lowest BCUT2D eigenvalue weighted by molar-refractivity contribution is -0.145. The highest BCUT2D eigenvalue weighted by atomic mass is 16.5. The van der Waals surface area contributed by atoms with E-state index >= 15 is 0 Å². The molecule has 2 N–H and O–H groups in total. The third-order valence-corrected chi connectivity index (χ3v) is 3.35. The van der Waals surface area contributed by atoms with Crippen molar-refractivity contribution in [2.45, 2.75) is 32.4 Å². The number of rotatable bonds is 7. The van der Waals surface area contributed by atoms with Crippen LogP contribution in [0.25, 0.3) is 0 Å². The Kier molecular flexibility index (Phi) is 6.18. The Bertz CT molecular complexity index is 446. The molecule has 5 nitrogen and oxygen atoms in total. The van der Waals surface area contributed by atoms with Gasteiger partial charge in [0.15, 0.2) is 6.10 Å². The minimum atomic E-state index is -1.03. The van der Waals surface area contributed by atoms with Crippen molar-refractivity contribution in [3.05, 3.63) is 35.9 Å². The number of carboxylic acid groups (broad SMARTS) is 1. The first-order valence-electron chi connectivity index (χ1n) is 6.62. The van der Waals surface area contributed by atoms with Gasteiger partial charge in [-0.2, -0.15) is 0 Å². The van der Waals surface area contributed by atoms with E-state index in [0.717, 1.165) is 0 Å². The molecule has 0 aliphatic carbocycles. The fraction of sp³-hybridized carbons (Fsp3) is 0.467. The lowest BCUT2D eigenvalue weighted by atomic mass is 9.98. The van der Waals surface area contributed by atoms with E-state index in [1.54, 1.807) is 31.2 Å². The third-order valence-electron chi connectivity index (χ3n) is 3.35. The van der Waals surface area contributed by atoms with Gasteiger partial charge in [0, 0.05) is 7.11 Å². The number of aliphatic carboxylic acids is 1. The van der Waals surface area contributed by atoms with E-state index in [0.29, 0.717) is 12.0 Å². The molecule has 0 fully saturated rings. The molecule has 0 radical (unpaired) electrons. The lowest BCUT2D eigenvalue weighted by Gasteiger charge is -2.23. The number of methoxy groups -OCH3 is 1. The maximum atomic E-state index is 12.2. The summed E-state index contributed by atoms with van der Waals surface area (Å²) in [5.41, 5.74) is 0.695. The molecule has 0 aliphatic heterocycles. The molecule has 1 rings (SSSR count). The Balaban J connectivity index is 2.84. The highest BCUT2D eigenvalue weighted by Crippen LogP contribution is 2.17. The number of nitrogens with one attached hydrogen (secondary N) is 1. The number of carbonyl (C=O) groups is 2. The van der Waals surface area contributed by atoms with Crippen LogP contribution in [0, 0.1) is 5.92 Å². The van der Waals surface area contributed by atoms with E-state index < -0.39 is 24.0 Å². The van der Waals surface area contributed by atoms with E-state index in [2.05, 4.69) is 5.32 Å². The summed E-state index contributed by atoms with van der Waals surface area (Å²) in [7, 11) is 1.43. The van der Waals surface area contributed by atoms with Crippen LogP contribution < -0.4 is 5.32 Å². The minimum Gasteiger partial charge on any atom is -0.480 e. The zero-order valence-electron chi connectivity index (χ0n) is 12.0. The SMILES string of the molecule is CCC(C)C(NC(=O)C(OC)c1ccccc1)C(=O)O. The van der Waals surface area contributed by atoms with Gasteiger partial charge >= 0.3 is 5.97 Å². The molecule has 3 unspecified atom stereocenters. The van der Waals surface area contributed by atoms with Crippen molar-refractivity contribution < 1.29 is 19.4 Å². The number of ether oxygens (including phenoxy) is 1. The van der Waals surface area contributed by atoms with Crippen LogP contribution in [0.2, 0.25) is 0 Å². The summed E-state index contributed by atoms with van der Waals surface area (Å²) < 4.78 is 5.19. The van der Waals surface area contributed by atoms with E-state index in [1.807, 2.05) is 13.0 Å². The fourth-order valence-corrected chi connectivity index (χ4v) is 1.93. The van der Waals surface area contributed by atoms with E-state index in [4.69, 9.17) is 4.74 Å². The molecule has 0 bridgehead atoms. The van der Waals surface area contributed by atoms with Crippen LogP contribution in [0.3, 0.4) is 0 Å². The van der Waals surface area contributed by atoms with Crippen molar-refractivity contribution in [2.24, 2.45) is 5.92 Å². The number of amides is 1. The summed E-state index contributed by atoms with van der Waals surface area (Å²) in [6.07, 6.45) is -0.137. The van der Waals surface area contributed by atoms with Crippen LogP contribution in [-0.4, -0.2) is 30.1 Å². The van der Waals surface area contributed by atoms with Crippen LogP contribution in [0.15, 0.2) is 30.3 Å². The van der Waals surface area contributed by atoms with Gasteiger partial charge in [0.25, 0.3) is 5.91 Å². The summed E-state index contributed by atoms with van der Waals surface area (Å²) in [6, 6.07) is 8.08. The predicted molar refractivity (Wildman–Crippen MR) is 75.2 cm³/mol. The maximum absolute atomic E-state index is 12.2. The Morgan fingerprint density at radius 2 is 1.90 bits per heavy atom. The zero-order valence-corrected chi connectivity index (χ0v) is 12.0. The van der Waals surface area contributed by atoms with E-state index in [9.17, 15) is 14.7 Å². The average Bonchev–Trinajstić information content (AvgIpc) is 2.45. The molecule has 0 aliphatic rings. The number of carbonyl (C=O) groups excluding carboxylic acids is 1. The van der Waals surface area contributed by atoms with Gasteiger partial charge in [-0.1, -0.05) is 50.6 Å². The highest BCUT2D eigenvalue weighted by molar-refractivity contribution is 5.87. The van der Waals surface area contributed by atoms with E-state index in [1.165, 1.54) is 7.11 Å². The normalized spacial score (nSPS) is 15.2.